The molecule has 0 saturated carbocycles. The molecular weight excluding hydrogens is 390 g/mol. The van der Waals surface area contributed by atoms with Crippen LogP contribution in [0.1, 0.15) is 40.0 Å². The van der Waals surface area contributed by atoms with Gasteiger partial charge in [-0.05, 0) is 24.5 Å². The van der Waals surface area contributed by atoms with Crippen molar-refractivity contribution in [2.45, 2.75) is 46.1 Å². The van der Waals surface area contributed by atoms with E-state index in [4.69, 9.17) is 4.74 Å². The van der Waals surface area contributed by atoms with Gasteiger partial charge in [0.05, 0.1) is 7.11 Å². The van der Waals surface area contributed by atoms with Crippen LogP contribution in [-0.2, 0) is 4.79 Å². The average Bonchev–Trinajstić information content (AvgIpc) is 3.20. The van der Waals surface area contributed by atoms with Gasteiger partial charge >= 0.3 is 6.03 Å². The summed E-state index contributed by atoms with van der Waals surface area (Å²) in [5.74, 6) is 0.384. The lowest BCUT2D eigenvalue weighted by atomic mass is 9.98. The lowest BCUT2D eigenvalue weighted by Crippen LogP contribution is -2.51. The molecule has 29 heavy (non-hydrogen) atoms. The smallest absolute Gasteiger partial charge is 0.315 e. The van der Waals surface area contributed by atoms with E-state index >= 15 is 0 Å². The zero-order valence-electron chi connectivity index (χ0n) is 17.3. The summed E-state index contributed by atoms with van der Waals surface area (Å²) < 4.78 is 5.23. The molecule has 1 aromatic carbocycles. The summed E-state index contributed by atoms with van der Waals surface area (Å²) in [6, 6.07) is 6.48. The molecule has 8 nitrogen and oxygen atoms in total. The second-order valence-corrected chi connectivity index (χ2v) is 7.73. The zero-order valence-corrected chi connectivity index (χ0v) is 18.1. The normalized spacial score (nSPS) is 12.7. The Hall–Kier alpha value is -2.68. The number of carbonyl (C=O) groups is 2. The summed E-state index contributed by atoms with van der Waals surface area (Å²) in [6.07, 6.45) is 2.63. The fraction of sp³-hybridized carbons (Fsp3) is 0.500. The van der Waals surface area contributed by atoms with Crippen LogP contribution in [0.5, 0.6) is 5.75 Å². The third-order valence-corrected chi connectivity index (χ3v) is 5.46. The van der Waals surface area contributed by atoms with Crippen LogP contribution in [0.4, 0.5) is 9.93 Å². The molecule has 0 bridgehead atoms. The van der Waals surface area contributed by atoms with E-state index in [2.05, 4.69) is 33.1 Å². The van der Waals surface area contributed by atoms with E-state index in [0.29, 0.717) is 16.7 Å². The summed E-state index contributed by atoms with van der Waals surface area (Å²) >= 11 is 1.27. The maximum Gasteiger partial charge on any atom is 0.315 e. The first kappa shape index (κ1) is 22.6. The number of nitrogens with one attached hydrogen (secondary N) is 3. The fourth-order valence-corrected chi connectivity index (χ4v) is 3.35. The molecule has 0 spiro atoms. The summed E-state index contributed by atoms with van der Waals surface area (Å²) in [4.78, 5) is 24.9. The first-order chi connectivity index (χ1) is 14.0. The van der Waals surface area contributed by atoms with Crippen molar-refractivity contribution in [3.8, 4) is 16.3 Å². The highest BCUT2D eigenvalue weighted by atomic mass is 32.1. The Morgan fingerprint density at radius 1 is 1.24 bits per heavy atom. The van der Waals surface area contributed by atoms with Crippen LogP contribution >= 0.6 is 11.3 Å². The van der Waals surface area contributed by atoms with Crippen LogP contribution in [0.2, 0.25) is 0 Å². The number of unbranched alkanes of at least 4 members (excludes halogenated alkanes) is 1. The van der Waals surface area contributed by atoms with Gasteiger partial charge in [-0.15, -0.1) is 10.2 Å². The van der Waals surface area contributed by atoms with Crippen LogP contribution in [0.25, 0.3) is 10.6 Å². The molecule has 158 valence electrons. The molecule has 2 aromatic rings. The van der Waals surface area contributed by atoms with Gasteiger partial charge in [0.15, 0.2) is 0 Å². The second kappa shape index (κ2) is 11.4. The van der Waals surface area contributed by atoms with E-state index in [0.717, 1.165) is 30.6 Å². The van der Waals surface area contributed by atoms with Crippen molar-refractivity contribution in [1.82, 2.24) is 20.8 Å². The molecule has 3 amide bonds. The van der Waals surface area contributed by atoms with Crippen molar-refractivity contribution in [2.24, 2.45) is 5.92 Å². The molecule has 1 heterocycles. The van der Waals surface area contributed by atoms with Crippen LogP contribution in [0.3, 0.4) is 0 Å². The molecule has 0 aliphatic rings. The second-order valence-electron chi connectivity index (χ2n) is 6.75. The third kappa shape index (κ3) is 6.70. The molecule has 0 aliphatic carbocycles. The Labute approximate surface area is 175 Å². The number of anilines is 1. The number of urea groups is 1. The van der Waals surface area contributed by atoms with Gasteiger partial charge in [-0.3, -0.25) is 10.1 Å². The van der Waals surface area contributed by atoms with Gasteiger partial charge in [-0.25, -0.2) is 4.79 Å². The predicted octanol–water partition coefficient (Wildman–Crippen LogP) is 3.67. The molecule has 0 radical (unpaired) electrons. The summed E-state index contributed by atoms with van der Waals surface area (Å²) in [7, 11) is 1.60. The molecule has 1 aromatic heterocycles. The molecule has 9 heteroatoms. The number of ether oxygens (including phenoxy) is 1. The molecular formula is C20H29N5O3S. The number of hydrogen-bond acceptors (Lipinski definition) is 6. The van der Waals surface area contributed by atoms with Gasteiger partial charge in [-0.2, -0.15) is 0 Å². The standard InChI is InChI=1S/C20H29N5O3S/c1-5-7-11-21-19(27)22-16(13(3)6-2)17(26)23-20-25-24-18(29-20)14-9-8-10-15(12-14)28-4/h8-10,12-13,16H,5-7,11H2,1-4H3,(H2,21,22,27)(H,23,25,26)/t13-,16-/m0/s1. The number of hydrogen-bond donors (Lipinski definition) is 3. The van der Waals surface area contributed by atoms with Crippen LogP contribution in [-0.4, -0.2) is 41.8 Å². The zero-order chi connectivity index (χ0) is 21.2. The highest BCUT2D eigenvalue weighted by Crippen LogP contribution is 2.29. The molecule has 2 rings (SSSR count). The maximum absolute atomic E-state index is 12.8. The number of benzene rings is 1. The van der Waals surface area contributed by atoms with Gasteiger partial charge in [-0.1, -0.05) is 57.1 Å². The minimum Gasteiger partial charge on any atom is -0.497 e. The largest absolute Gasteiger partial charge is 0.497 e. The lowest BCUT2D eigenvalue weighted by Gasteiger charge is -2.23. The minimum atomic E-state index is -0.661. The quantitative estimate of drug-likeness (QED) is 0.510. The first-order valence-corrected chi connectivity index (χ1v) is 10.6. The SMILES string of the molecule is CCCCNC(=O)N[C@H](C(=O)Nc1nnc(-c2cccc(OC)c2)s1)[C@@H](C)CC. The van der Waals surface area contributed by atoms with Crippen molar-refractivity contribution in [1.29, 1.82) is 0 Å². The Kier molecular flexibility index (Phi) is 8.85. The molecule has 0 saturated heterocycles. The minimum absolute atomic E-state index is 0.0299. The Morgan fingerprint density at radius 2 is 2.03 bits per heavy atom. The van der Waals surface area contributed by atoms with Crippen LogP contribution in [0, 0.1) is 5.92 Å². The summed E-state index contributed by atoms with van der Waals surface area (Å²) in [5, 5.41) is 17.6. The number of aromatic nitrogens is 2. The van der Waals surface area contributed by atoms with E-state index in [1.165, 1.54) is 11.3 Å². The number of carbonyl (C=O) groups excluding carboxylic acids is 2. The number of methoxy groups -OCH3 is 1. The molecule has 3 N–H and O–H groups in total. The van der Waals surface area contributed by atoms with E-state index in [9.17, 15) is 9.59 Å². The molecule has 0 aliphatic heterocycles. The van der Waals surface area contributed by atoms with Gasteiger partial charge in [0.2, 0.25) is 11.0 Å². The summed E-state index contributed by atoms with van der Waals surface area (Å²) in [6.45, 7) is 6.54. The number of nitrogens with zero attached hydrogens (tertiary/aromatic N) is 2. The fourth-order valence-electron chi connectivity index (χ4n) is 2.60. The molecule has 0 fully saturated rings. The summed E-state index contributed by atoms with van der Waals surface area (Å²) in [5.41, 5.74) is 0.856. The van der Waals surface area contributed by atoms with Crippen LogP contribution in [0.15, 0.2) is 24.3 Å². The van der Waals surface area contributed by atoms with Crippen molar-refractivity contribution >= 4 is 28.4 Å². The van der Waals surface area contributed by atoms with E-state index < -0.39 is 6.04 Å². The van der Waals surface area contributed by atoms with E-state index in [1.807, 2.05) is 38.1 Å². The Bertz CT molecular complexity index is 811. The third-order valence-electron chi connectivity index (χ3n) is 4.57. The van der Waals surface area contributed by atoms with Crippen LogP contribution < -0.4 is 20.7 Å². The monoisotopic (exact) mass is 419 g/mol. The Balaban J connectivity index is 2.05. The lowest BCUT2D eigenvalue weighted by molar-refractivity contribution is -0.119. The van der Waals surface area contributed by atoms with Gasteiger partial charge in [0.1, 0.15) is 16.8 Å². The van der Waals surface area contributed by atoms with Crippen molar-refractivity contribution < 1.29 is 14.3 Å². The predicted molar refractivity (Wildman–Crippen MR) is 115 cm³/mol. The van der Waals surface area contributed by atoms with E-state index in [1.54, 1.807) is 7.11 Å². The van der Waals surface area contributed by atoms with Gasteiger partial charge in [0.25, 0.3) is 0 Å². The van der Waals surface area contributed by atoms with Crippen molar-refractivity contribution in [3.05, 3.63) is 24.3 Å². The van der Waals surface area contributed by atoms with Crippen molar-refractivity contribution in [2.75, 3.05) is 19.0 Å². The van der Waals surface area contributed by atoms with E-state index in [-0.39, 0.29) is 17.9 Å². The molecule has 2 atom stereocenters. The topological polar surface area (TPSA) is 105 Å². The average molecular weight is 420 g/mol. The highest BCUT2D eigenvalue weighted by molar-refractivity contribution is 7.18. The number of amides is 3. The first-order valence-electron chi connectivity index (χ1n) is 9.81. The van der Waals surface area contributed by atoms with Crippen molar-refractivity contribution in [3.63, 3.8) is 0 Å². The Morgan fingerprint density at radius 3 is 2.72 bits per heavy atom. The number of rotatable bonds is 10. The van der Waals surface area contributed by atoms with Gasteiger partial charge < -0.3 is 15.4 Å². The highest BCUT2D eigenvalue weighted by Gasteiger charge is 2.26. The maximum atomic E-state index is 12.8. The molecule has 0 unspecified atom stereocenters. The van der Waals surface area contributed by atoms with Gasteiger partial charge in [0, 0.05) is 12.1 Å².